The van der Waals surface area contributed by atoms with Crippen molar-refractivity contribution < 1.29 is 37.9 Å². The lowest BCUT2D eigenvalue weighted by atomic mass is 10.1. The van der Waals surface area contributed by atoms with E-state index >= 15 is 0 Å². The Morgan fingerprint density at radius 2 is 1.29 bits per heavy atom. The van der Waals surface area contributed by atoms with Gasteiger partial charge in [0.2, 0.25) is 0 Å². The number of esters is 2. The molecule has 0 saturated carbocycles. The predicted molar refractivity (Wildman–Crippen MR) is 106 cm³/mol. The molecule has 28 heavy (non-hydrogen) atoms. The average molecular weight is 424 g/mol. The number of phosphoric acid groups is 1. The minimum atomic E-state index is -4.70. The fourth-order valence-corrected chi connectivity index (χ4v) is 2.91. The molecule has 1 unspecified atom stereocenters. The molecule has 0 bridgehead atoms. The molecule has 0 aliphatic rings. The summed E-state index contributed by atoms with van der Waals surface area (Å²) in [4.78, 5) is 41.4. The molecule has 0 radical (unpaired) electrons. The number of hydrogen-bond donors (Lipinski definition) is 2. The second-order valence-corrected chi connectivity index (χ2v) is 8.15. The number of unbranched alkanes of at least 4 members (excludes halogenated alkanes) is 8. The molecule has 0 saturated heterocycles. The van der Waals surface area contributed by atoms with Crippen LogP contribution >= 0.6 is 7.82 Å². The molecule has 166 valence electrons. The van der Waals surface area contributed by atoms with Crippen LogP contribution in [0, 0.1) is 0 Å². The SMILES string of the molecule is CCCCCCCC(=O)OCC(COP(=O)(O)O)OC(=O)CCCCCCC. The predicted octanol–water partition coefficient (Wildman–Crippen LogP) is 4.27. The number of carbonyl (C=O) groups excluding carboxylic acids is 2. The van der Waals surface area contributed by atoms with Crippen molar-refractivity contribution in [3.8, 4) is 0 Å². The molecule has 0 heterocycles. The van der Waals surface area contributed by atoms with Crippen molar-refractivity contribution in [2.45, 2.75) is 97.0 Å². The van der Waals surface area contributed by atoms with Crippen molar-refractivity contribution in [1.29, 1.82) is 0 Å². The molecule has 1 atom stereocenters. The Kier molecular flexibility index (Phi) is 16.4. The highest BCUT2D eigenvalue weighted by Gasteiger charge is 2.22. The Morgan fingerprint density at radius 3 is 1.79 bits per heavy atom. The zero-order valence-corrected chi connectivity index (χ0v) is 18.2. The Labute approximate surface area is 168 Å². The van der Waals surface area contributed by atoms with Gasteiger partial charge in [0.15, 0.2) is 6.10 Å². The summed E-state index contributed by atoms with van der Waals surface area (Å²) in [6.45, 7) is 3.40. The van der Waals surface area contributed by atoms with E-state index in [1.807, 2.05) is 0 Å². The van der Waals surface area contributed by atoms with Gasteiger partial charge in [-0.2, -0.15) is 0 Å². The summed E-state index contributed by atoms with van der Waals surface area (Å²) in [6.07, 6.45) is 9.29. The molecule has 2 N–H and O–H groups in total. The van der Waals surface area contributed by atoms with Crippen molar-refractivity contribution in [2.24, 2.45) is 0 Å². The zero-order valence-electron chi connectivity index (χ0n) is 17.3. The monoisotopic (exact) mass is 424 g/mol. The third-order valence-electron chi connectivity index (χ3n) is 4.13. The van der Waals surface area contributed by atoms with E-state index in [1.54, 1.807) is 0 Å². The smallest absolute Gasteiger partial charge is 0.462 e. The van der Waals surface area contributed by atoms with Crippen molar-refractivity contribution in [2.75, 3.05) is 13.2 Å². The summed E-state index contributed by atoms with van der Waals surface area (Å²) in [5, 5.41) is 0. The van der Waals surface area contributed by atoms with Crippen molar-refractivity contribution in [3.05, 3.63) is 0 Å². The molecule has 0 spiro atoms. The van der Waals surface area contributed by atoms with E-state index in [1.165, 1.54) is 0 Å². The van der Waals surface area contributed by atoms with E-state index in [2.05, 4.69) is 18.4 Å². The summed E-state index contributed by atoms with van der Waals surface area (Å²) in [7, 11) is -4.70. The standard InChI is InChI=1S/C19H37O8P/c1-3-5-7-9-11-13-18(20)25-15-17(16-26-28(22,23)24)27-19(21)14-12-10-8-6-4-2/h17H,3-16H2,1-2H3,(H2,22,23,24). The molecular weight excluding hydrogens is 387 g/mol. The minimum absolute atomic E-state index is 0.210. The van der Waals surface area contributed by atoms with Crippen LogP contribution in [-0.4, -0.2) is 41.0 Å². The van der Waals surface area contributed by atoms with E-state index in [-0.39, 0.29) is 19.4 Å². The highest BCUT2D eigenvalue weighted by Crippen LogP contribution is 2.35. The van der Waals surface area contributed by atoms with E-state index in [4.69, 9.17) is 19.3 Å². The van der Waals surface area contributed by atoms with Gasteiger partial charge >= 0.3 is 19.8 Å². The molecule has 8 nitrogen and oxygen atoms in total. The van der Waals surface area contributed by atoms with Crippen molar-refractivity contribution in [3.63, 3.8) is 0 Å². The third-order valence-corrected chi connectivity index (χ3v) is 4.61. The van der Waals surface area contributed by atoms with E-state index < -0.39 is 32.5 Å². The second kappa shape index (κ2) is 17.0. The Morgan fingerprint density at radius 1 is 0.786 bits per heavy atom. The first-order valence-corrected chi connectivity index (χ1v) is 11.9. The number of carbonyl (C=O) groups is 2. The lowest BCUT2D eigenvalue weighted by Gasteiger charge is -2.18. The maximum atomic E-state index is 11.9. The van der Waals surface area contributed by atoms with E-state index in [0.29, 0.717) is 6.42 Å². The third kappa shape index (κ3) is 18.4. The molecule has 0 aromatic heterocycles. The fourth-order valence-electron chi connectivity index (χ4n) is 2.55. The highest BCUT2D eigenvalue weighted by atomic mass is 31.2. The molecule has 0 amide bonds. The van der Waals surface area contributed by atoms with Gasteiger partial charge in [-0.3, -0.25) is 14.1 Å². The lowest BCUT2D eigenvalue weighted by molar-refractivity contribution is -0.161. The van der Waals surface area contributed by atoms with Crippen LogP contribution in [0.3, 0.4) is 0 Å². The maximum absolute atomic E-state index is 11.9. The molecule has 0 fully saturated rings. The van der Waals surface area contributed by atoms with Crippen molar-refractivity contribution in [1.82, 2.24) is 0 Å². The normalized spacial score (nSPS) is 12.6. The van der Waals surface area contributed by atoms with Crippen molar-refractivity contribution >= 4 is 19.8 Å². The number of ether oxygens (including phenoxy) is 2. The van der Waals surface area contributed by atoms with Crippen LogP contribution in [0.15, 0.2) is 0 Å². The Balaban J connectivity index is 4.26. The van der Waals surface area contributed by atoms with Gasteiger partial charge in [0.25, 0.3) is 0 Å². The number of phosphoric ester groups is 1. The average Bonchev–Trinajstić information content (AvgIpc) is 2.63. The number of hydrogen-bond acceptors (Lipinski definition) is 6. The van der Waals surface area contributed by atoms with Crippen LogP contribution in [-0.2, 0) is 28.2 Å². The van der Waals surface area contributed by atoms with Crippen LogP contribution in [0.1, 0.15) is 90.9 Å². The van der Waals surface area contributed by atoms with Gasteiger partial charge in [-0.1, -0.05) is 65.2 Å². The summed E-state index contributed by atoms with van der Waals surface area (Å²) in [5.41, 5.74) is 0. The quantitative estimate of drug-likeness (QED) is 0.190. The highest BCUT2D eigenvalue weighted by molar-refractivity contribution is 7.46. The Bertz CT molecular complexity index is 463. The minimum Gasteiger partial charge on any atom is -0.462 e. The van der Waals surface area contributed by atoms with Gasteiger partial charge in [-0.25, -0.2) is 4.57 Å². The molecular formula is C19H37O8P. The van der Waals surface area contributed by atoms with Gasteiger partial charge in [-0.15, -0.1) is 0 Å². The first-order valence-electron chi connectivity index (χ1n) is 10.3. The molecule has 0 aromatic carbocycles. The first kappa shape index (κ1) is 27.0. The van der Waals surface area contributed by atoms with Crippen LogP contribution < -0.4 is 0 Å². The maximum Gasteiger partial charge on any atom is 0.469 e. The van der Waals surface area contributed by atoms with Crippen LogP contribution in [0.25, 0.3) is 0 Å². The summed E-state index contributed by atoms with van der Waals surface area (Å²) in [6, 6.07) is 0. The molecule has 9 heteroatoms. The Hall–Kier alpha value is -0.950. The van der Waals surface area contributed by atoms with Gasteiger partial charge in [0.05, 0.1) is 6.61 Å². The van der Waals surface area contributed by atoms with Crippen LogP contribution in [0.5, 0.6) is 0 Å². The van der Waals surface area contributed by atoms with Gasteiger partial charge < -0.3 is 19.3 Å². The van der Waals surface area contributed by atoms with Crippen LogP contribution in [0.4, 0.5) is 0 Å². The van der Waals surface area contributed by atoms with Crippen LogP contribution in [0.2, 0.25) is 0 Å². The summed E-state index contributed by atoms with van der Waals surface area (Å²) < 4.78 is 25.6. The topological polar surface area (TPSA) is 119 Å². The second-order valence-electron chi connectivity index (χ2n) is 6.91. The molecule has 0 aliphatic heterocycles. The largest absolute Gasteiger partial charge is 0.469 e. The van der Waals surface area contributed by atoms with Gasteiger partial charge in [0, 0.05) is 12.8 Å². The molecule has 0 aliphatic carbocycles. The van der Waals surface area contributed by atoms with E-state index in [9.17, 15) is 14.2 Å². The number of rotatable bonds is 18. The molecule has 0 aromatic rings. The molecule has 0 rings (SSSR count). The first-order chi connectivity index (χ1) is 13.3. The lowest BCUT2D eigenvalue weighted by Crippen LogP contribution is -2.29. The zero-order chi connectivity index (χ0) is 21.3. The van der Waals surface area contributed by atoms with Gasteiger partial charge in [-0.05, 0) is 12.8 Å². The van der Waals surface area contributed by atoms with E-state index in [0.717, 1.165) is 57.8 Å². The summed E-state index contributed by atoms with van der Waals surface area (Å²) in [5.74, 6) is -0.917. The fraction of sp³-hybridized carbons (Fsp3) is 0.895. The summed E-state index contributed by atoms with van der Waals surface area (Å²) >= 11 is 0. The van der Waals surface area contributed by atoms with Gasteiger partial charge in [0.1, 0.15) is 6.61 Å².